The molecule has 6 heteroatoms. The Morgan fingerprint density at radius 1 is 0.767 bits per heavy atom. The lowest BCUT2D eigenvalue weighted by atomic mass is 9.51. The molecule has 1 heterocycles. The summed E-state index contributed by atoms with van der Waals surface area (Å²) >= 11 is 0. The first-order chi connectivity index (χ1) is 14.6. The molecule has 0 N–H and O–H groups in total. The third-order valence-corrected chi connectivity index (χ3v) is 6.88. The molecule has 146 valence electrons. The second-order valence-corrected chi connectivity index (χ2v) is 8.03. The Kier molecular flexibility index (Phi) is 3.21. The molecule has 3 aliphatic carbocycles. The van der Waals surface area contributed by atoms with E-state index in [1.165, 1.54) is 0 Å². The van der Waals surface area contributed by atoms with E-state index in [4.69, 9.17) is 0 Å². The highest BCUT2D eigenvalue weighted by molar-refractivity contribution is 6.23. The van der Waals surface area contributed by atoms with E-state index in [0.29, 0.717) is 16.8 Å². The molecule has 2 amide bonds. The molecule has 7 rings (SSSR count). The van der Waals surface area contributed by atoms with Crippen LogP contribution in [0, 0.1) is 22.0 Å². The summed E-state index contributed by atoms with van der Waals surface area (Å²) in [4.78, 5) is 40.9. The molecule has 0 spiro atoms. The van der Waals surface area contributed by atoms with E-state index in [9.17, 15) is 19.7 Å². The van der Waals surface area contributed by atoms with Crippen molar-refractivity contribution in [2.45, 2.75) is 11.5 Å². The molecule has 3 aromatic rings. The smallest absolute Gasteiger partial charge is 0.274 e. The molecule has 4 aliphatic rings. The maximum absolute atomic E-state index is 13.7. The van der Waals surface area contributed by atoms with Gasteiger partial charge in [-0.15, -0.1) is 0 Å². The van der Waals surface area contributed by atoms with Crippen LogP contribution in [0.15, 0.2) is 78.9 Å². The molecular weight excluding hydrogens is 380 g/mol. The molecule has 1 aliphatic heterocycles. The van der Waals surface area contributed by atoms with Crippen molar-refractivity contribution in [2.24, 2.45) is 11.8 Å². The topological polar surface area (TPSA) is 80.5 Å². The van der Waals surface area contributed by atoms with Crippen LogP contribution in [0.4, 0.5) is 5.69 Å². The lowest BCUT2D eigenvalue weighted by Gasteiger charge is -2.48. The van der Waals surface area contributed by atoms with Gasteiger partial charge in [0.15, 0.2) is 0 Å². The van der Waals surface area contributed by atoms with Crippen LogP contribution in [0.2, 0.25) is 0 Å². The highest BCUT2D eigenvalue weighted by atomic mass is 16.6. The Morgan fingerprint density at radius 2 is 1.30 bits per heavy atom. The number of carbonyl (C=O) groups excluding carboxylic acids is 2. The highest BCUT2D eigenvalue weighted by Gasteiger charge is 2.74. The van der Waals surface area contributed by atoms with Crippen molar-refractivity contribution in [1.29, 1.82) is 0 Å². The predicted octanol–water partition coefficient (Wildman–Crippen LogP) is 3.47. The van der Waals surface area contributed by atoms with E-state index in [2.05, 4.69) is 0 Å². The molecule has 1 saturated heterocycles. The number of carbonyl (C=O) groups is 2. The van der Waals surface area contributed by atoms with Crippen LogP contribution in [-0.4, -0.2) is 16.7 Å². The number of amides is 2. The number of hydrogen-bond acceptors (Lipinski definition) is 4. The second kappa shape index (κ2) is 5.63. The van der Waals surface area contributed by atoms with Crippen molar-refractivity contribution >= 4 is 17.5 Å². The standard InChI is InChI=1S/C24H16N2O4/c27-22-20-19-15-10-4-6-12-17(15)24(26(29)30,18-13-7-5-11-16(18)19)21(20)23(28)25(22)14-8-2-1-3-9-14/h1-13,19-21H/t19?,20-,21-,24?/m1/s1. The van der Waals surface area contributed by atoms with Gasteiger partial charge in [-0.2, -0.15) is 0 Å². The molecule has 0 unspecified atom stereocenters. The number of hydrogen-bond donors (Lipinski definition) is 0. The first-order valence-electron chi connectivity index (χ1n) is 9.84. The third-order valence-electron chi connectivity index (χ3n) is 6.88. The van der Waals surface area contributed by atoms with Crippen LogP contribution in [0.5, 0.6) is 0 Å². The monoisotopic (exact) mass is 396 g/mol. The Hall–Kier alpha value is -3.80. The Morgan fingerprint density at radius 3 is 1.87 bits per heavy atom. The number of benzene rings is 3. The summed E-state index contributed by atoms with van der Waals surface area (Å²) in [6, 6.07) is 23.1. The van der Waals surface area contributed by atoms with Gasteiger partial charge in [0, 0.05) is 22.0 Å². The molecule has 6 nitrogen and oxygen atoms in total. The molecule has 1 fully saturated rings. The largest absolute Gasteiger partial charge is 0.285 e. The van der Waals surface area contributed by atoms with E-state index in [1.54, 1.807) is 54.6 Å². The zero-order valence-electron chi connectivity index (χ0n) is 15.8. The van der Waals surface area contributed by atoms with Crippen LogP contribution in [0.1, 0.15) is 28.2 Å². The zero-order chi connectivity index (χ0) is 20.6. The predicted molar refractivity (Wildman–Crippen MR) is 108 cm³/mol. The van der Waals surface area contributed by atoms with Gasteiger partial charge in [-0.05, 0) is 23.3 Å². The SMILES string of the molecule is O=C1[C@@H]2C3c4ccccc4C([N+](=O)[O-])(c4ccccc43)[C@H]2C(=O)N1c1ccccc1. The van der Waals surface area contributed by atoms with Crippen molar-refractivity contribution in [1.82, 2.24) is 0 Å². The van der Waals surface area contributed by atoms with Gasteiger partial charge >= 0.3 is 0 Å². The summed E-state index contributed by atoms with van der Waals surface area (Å²) < 4.78 is 0. The average molecular weight is 396 g/mol. The fourth-order valence-corrected chi connectivity index (χ4v) is 5.87. The van der Waals surface area contributed by atoms with Gasteiger partial charge in [0.2, 0.25) is 11.8 Å². The summed E-state index contributed by atoms with van der Waals surface area (Å²) in [7, 11) is 0. The van der Waals surface area contributed by atoms with Gasteiger partial charge in [-0.25, -0.2) is 4.90 Å². The highest BCUT2D eigenvalue weighted by Crippen LogP contribution is 2.64. The summed E-state index contributed by atoms with van der Waals surface area (Å²) in [5.41, 5.74) is 1.26. The normalized spacial score (nSPS) is 28.1. The second-order valence-electron chi connectivity index (χ2n) is 8.03. The number of anilines is 1. The van der Waals surface area contributed by atoms with E-state index in [0.717, 1.165) is 16.0 Å². The molecular formula is C24H16N2O4. The van der Waals surface area contributed by atoms with Gasteiger partial charge < -0.3 is 0 Å². The quantitative estimate of drug-likeness (QED) is 0.377. The van der Waals surface area contributed by atoms with Gasteiger partial charge in [-0.1, -0.05) is 66.7 Å². The average Bonchev–Trinajstić information content (AvgIpc) is 3.05. The Balaban J connectivity index is 1.70. The molecule has 0 aromatic heterocycles. The van der Waals surface area contributed by atoms with E-state index in [1.807, 2.05) is 24.3 Å². The lowest BCUT2D eigenvalue weighted by molar-refractivity contribution is -0.578. The summed E-state index contributed by atoms with van der Waals surface area (Å²) in [5, 5.41) is 12.8. The minimum atomic E-state index is -1.77. The summed E-state index contributed by atoms with van der Waals surface area (Å²) in [6.45, 7) is 0. The van der Waals surface area contributed by atoms with Crippen molar-refractivity contribution in [3.63, 3.8) is 0 Å². The van der Waals surface area contributed by atoms with Crippen molar-refractivity contribution in [2.75, 3.05) is 4.90 Å². The molecule has 2 bridgehead atoms. The molecule has 2 atom stereocenters. The number of imide groups is 1. The van der Waals surface area contributed by atoms with Crippen molar-refractivity contribution in [3.8, 4) is 0 Å². The molecule has 0 radical (unpaired) electrons. The first-order valence-corrected chi connectivity index (χ1v) is 9.84. The van der Waals surface area contributed by atoms with Crippen LogP contribution in [0.25, 0.3) is 0 Å². The summed E-state index contributed by atoms with van der Waals surface area (Å²) in [6.07, 6.45) is 0. The van der Waals surface area contributed by atoms with Crippen LogP contribution < -0.4 is 4.90 Å². The van der Waals surface area contributed by atoms with E-state index >= 15 is 0 Å². The minimum absolute atomic E-state index is 0.350. The lowest BCUT2D eigenvalue weighted by Crippen LogP contribution is -2.57. The van der Waals surface area contributed by atoms with Crippen molar-refractivity contribution < 1.29 is 14.5 Å². The van der Waals surface area contributed by atoms with Gasteiger partial charge in [-0.3, -0.25) is 19.7 Å². The fraction of sp³-hybridized carbons (Fsp3) is 0.167. The maximum atomic E-state index is 13.7. The van der Waals surface area contributed by atoms with Crippen LogP contribution in [-0.2, 0) is 15.1 Å². The third kappa shape index (κ3) is 1.75. The molecule has 0 saturated carbocycles. The summed E-state index contributed by atoms with van der Waals surface area (Å²) in [5.74, 6) is -3.12. The van der Waals surface area contributed by atoms with Gasteiger partial charge in [0.25, 0.3) is 5.54 Å². The number of nitro groups is 1. The maximum Gasteiger partial charge on any atom is 0.285 e. The first kappa shape index (κ1) is 17.1. The Bertz CT molecular complexity index is 1210. The van der Waals surface area contributed by atoms with Gasteiger partial charge in [0.05, 0.1) is 11.6 Å². The van der Waals surface area contributed by atoms with Crippen molar-refractivity contribution in [3.05, 3.63) is 111 Å². The molecule has 30 heavy (non-hydrogen) atoms. The number of rotatable bonds is 2. The van der Waals surface area contributed by atoms with E-state index < -0.39 is 23.3 Å². The number of nitrogens with zero attached hydrogens (tertiary/aromatic N) is 2. The fourth-order valence-electron chi connectivity index (χ4n) is 5.87. The van der Waals surface area contributed by atoms with Crippen LogP contribution >= 0.6 is 0 Å². The minimum Gasteiger partial charge on any atom is -0.274 e. The van der Waals surface area contributed by atoms with E-state index in [-0.39, 0.29) is 16.7 Å². The molecule has 3 aromatic carbocycles. The van der Waals surface area contributed by atoms with Gasteiger partial charge in [0.1, 0.15) is 5.92 Å². The van der Waals surface area contributed by atoms with Crippen LogP contribution in [0.3, 0.4) is 0 Å². The Labute approximate surface area is 171 Å². The zero-order valence-corrected chi connectivity index (χ0v) is 15.8. The number of para-hydroxylation sites is 1.